The van der Waals surface area contributed by atoms with Gasteiger partial charge < -0.3 is 11.1 Å². The minimum Gasteiger partial charge on any atom is -0.392 e. The molecule has 3 nitrogen and oxygen atoms in total. The lowest BCUT2D eigenvalue weighted by Gasteiger charge is -2.28. The Morgan fingerprint density at radius 2 is 2.19 bits per heavy atom. The highest BCUT2D eigenvalue weighted by atomic mass is 32.1. The van der Waals surface area contributed by atoms with Gasteiger partial charge in [0.15, 0.2) is 0 Å². The molecule has 0 aliphatic rings. The van der Waals surface area contributed by atoms with Gasteiger partial charge in [0.25, 0.3) is 0 Å². The standard InChI is InChI=1S/C11H16N2OS2/c1-3-11(4-2,9(12)15)10(14)13-8-5-6-16-7-8/h5-7H,3-4H2,1-2H3,(H2,12,15)(H,13,14). The number of nitrogens with one attached hydrogen (secondary N) is 1. The van der Waals surface area contributed by atoms with Gasteiger partial charge in [-0.2, -0.15) is 11.3 Å². The van der Waals surface area contributed by atoms with Gasteiger partial charge in [-0.25, -0.2) is 0 Å². The number of hydrogen-bond acceptors (Lipinski definition) is 3. The summed E-state index contributed by atoms with van der Waals surface area (Å²) in [5.74, 6) is -0.108. The molecule has 0 aliphatic carbocycles. The monoisotopic (exact) mass is 256 g/mol. The molecule has 1 rings (SSSR count). The van der Waals surface area contributed by atoms with Gasteiger partial charge in [0.05, 0.1) is 16.1 Å². The molecule has 0 fully saturated rings. The molecule has 3 N–H and O–H groups in total. The minimum absolute atomic E-state index is 0.108. The molecule has 0 bridgehead atoms. The third-order valence-corrected chi connectivity index (χ3v) is 3.97. The highest BCUT2D eigenvalue weighted by molar-refractivity contribution is 7.80. The van der Waals surface area contributed by atoms with E-state index >= 15 is 0 Å². The number of carbonyl (C=O) groups excluding carboxylic acids is 1. The molecule has 1 heterocycles. The van der Waals surface area contributed by atoms with Crippen molar-refractivity contribution >= 4 is 40.1 Å². The Morgan fingerprint density at radius 1 is 1.56 bits per heavy atom. The molecule has 16 heavy (non-hydrogen) atoms. The average molecular weight is 256 g/mol. The van der Waals surface area contributed by atoms with Gasteiger partial charge in [0.1, 0.15) is 0 Å². The quantitative estimate of drug-likeness (QED) is 0.796. The lowest BCUT2D eigenvalue weighted by atomic mass is 9.81. The van der Waals surface area contributed by atoms with Crippen LogP contribution < -0.4 is 11.1 Å². The molecule has 0 aromatic carbocycles. The molecule has 1 aromatic heterocycles. The van der Waals surface area contributed by atoms with Gasteiger partial charge in [-0.15, -0.1) is 0 Å². The second kappa shape index (κ2) is 5.41. The first-order valence-corrected chi connectivity index (χ1v) is 6.55. The Kier molecular flexibility index (Phi) is 4.44. The molecule has 0 saturated heterocycles. The van der Waals surface area contributed by atoms with Crippen molar-refractivity contribution < 1.29 is 4.79 Å². The lowest BCUT2D eigenvalue weighted by Crippen LogP contribution is -2.45. The number of hydrogen-bond donors (Lipinski definition) is 2. The normalized spacial score (nSPS) is 11.1. The molecular formula is C11H16N2OS2. The van der Waals surface area contributed by atoms with Crippen LogP contribution in [0.1, 0.15) is 26.7 Å². The molecule has 1 aromatic rings. The molecule has 1 amide bonds. The van der Waals surface area contributed by atoms with Crippen molar-refractivity contribution in [2.45, 2.75) is 26.7 Å². The number of amides is 1. The van der Waals surface area contributed by atoms with Crippen LogP contribution in [0.15, 0.2) is 16.8 Å². The minimum atomic E-state index is -0.725. The number of anilines is 1. The van der Waals surface area contributed by atoms with E-state index in [1.54, 1.807) is 0 Å². The average Bonchev–Trinajstić information content (AvgIpc) is 2.72. The van der Waals surface area contributed by atoms with E-state index in [4.69, 9.17) is 18.0 Å². The van der Waals surface area contributed by atoms with E-state index in [2.05, 4.69) is 5.32 Å². The Hall–Kier alpha value is -0.940. The van der Waals surface area contributed by atoms with Gasteiger partial charge in [-0.05, 0) is 24.3 Å². The highest BCUT2D eigenvalue weighted by Gasteiger charge is 2.38. The maximum Gasteiger partial charge on any atom is 0.237 e. The second-order valence-corrected chi connectivity index (χ2v) is 4.84. The molecule has 0 radical (unpaired) electrons. The summed E-state index contributed by atoms with van der Waals surface area (Å²) in [4.78, 5) is 12.4. The smallest absolute Gasteiger partial charge is 0.237 e. The van der Waals surface area contributed by atoms with E-state index in [9.17, 15) is 4.79 Å². The van der Waals surface area contributed by atoms with Crippen LogP contribution in [-0.2, 0) is 4.79 Å². The maximum atomic E-state index is 12.2. The fourth-order valence-electron chi connectivity index (χ4n) is 1.62. The molecule has 0 aliphatic heterocycles. The van der Waals surface area contributed by atoms with Crippen LogP contribution >= 0.6 is 23.6 Å². The summed E-state index contributed by atoms with van der Waals surface area (Å²) in [6.45, 7) is 3.85. The molecule has 0 unspecified atom stereocenters. The van der Waals surface area contributed by atoms with Crippen LogP contribution in [0.25, 0.3) is 0 Å². The van der Waals surface area contributed by atoms with Gasteiger partial charge in [-0.1, -0.05) is 26.1 Å². The van der Waals surface area contributed by atoms with Crippen molar-refractivity contribution in [3.05, 3.63) is 16.8 Å². The highest BCUT2D eigenvalue weighted by Crippen LogP contribution is 2.29. The number of carbonyl (C=O) groups is 1. The topological polar surface area (TPSA) is 55.1 Å². The van der Waals surface area contributed by atoms with Crippen LogP contribution in [0.3, 0.4) is 0 Å². The third-order valence-electron chi connectivity index (χ3n) is 2.89. The van der Waals surface area contributed by atoms with Crippen LogP contribution in [0.4, 0.5) is 5.69 Å². The van der Waals surface area contributed by atoms with E-state index in [0.717, 1.165) is 5.69 Å². The van der Waals surface area contributed by atoms with Crippen molar-refractivity contribution in [2.24, 2.45) is 11.1 Å². The van der Waals surface area contributed by atoms with Gasteiger partial charge in [0.2, 0.25) is 5.91 Å². The summed E-state index contributed by atoms with van der Waals surface area (Å²) in [6, 6.07) is 1.86. The van der Waals surface area contributed by atoms with E-state index < -0.39 is 5.41 Å². The van der Waals surface area contributed by atoms with Crippen LogP contribution in [0.2, 0.25) is 0 Å². The van der Waals surface area contributed by atoms with Crippen molar-refractivity contribution in [2.75, 3.05) is 5.32 Å². The van der Waals surface area contributed by atoms with E-state index in [1.165, 1.54) is 11.3 Å². The molecule has 0 atom stereocenters. The predicted molar refractivity (Wildman–Crippen MR) is 72.7 cm³/mol. The molecular weight excluding hydrogens is 240 g/mol. The predicted octanol–water partition coefficient (Wildman–Crippen LogP) is 2.78. The first-order chi connectivity index (χ1) is 7.56. The maximum absolute atomic E-state index is 12.2. The molecule has 0 saturated carbocycles. The van der Waals surface area contributed by atoms with Gasteiger partial charge in [0, 0.05) is 5.38 Å². The zero-order chi connectivity index (χ0) is 12.2. The van der Waals surface area contributed by atoms with Crippen molar-refractivity contribution in [1.82, 2.24) is 0 Å². The first kappa shape index (κ1) is 13.1. The summed E-state index contributed by atoms with van der Waals surface area (Å²) in [5.41, 5.74) is 5.77. The number of nitrogens with two attached hydrogens (primary N) is 1. The molecule has 0 spiro atoms. The first-order valence-electron chi connectivity index (χ1n) is 5.20. The third kappa shape index (κ3) is 2.41. The number of thiophene rings is 1. The number of rotatable bonds is 5. The lowest BCUT2D eigenvalue weighted by molar-refractivity contribution is -0.122. The second-order valence-electron chi connectivity index (χ2n) is 3.62. The van der Waals surface area contributed by atoms with E-state index in [1.807, 2.05) is 30.7 Å². The van der Waals surface area contributed by atoms with Crippen LogP contribution in [0.5, 0.6) is 0 Å². The van der Waals surface area contributed by atoms with E-state index in [-0.39, 0.29) is 10.9 Å². The molecule has 88 valence electrons. The van der Waals surface area contributed by atoms with E-state index in [0.29, 0.717) is 12.8 Å². The van der Waals surface area contributed by atoms with Crippen molar-refractivity contribution in [1.29, 1.82) is 0 Å². The summed E-state index contributed by atoms with van der Waals surface area (Å²) < 4.78 is 0. The zero-order valence-electron chi connectivity index (χ0n) is 9.45. The fourth-order valence-corrected chi connectivity index (χ4v) is 2.59. The zero-order valence-corrected chi connectivity index (χ0v) is 11.1. The summed E-state index contributed by atoms with van der Waals surface area (Å²) in [6.07, 6.45) is 1.24. The fraction of sp³-hybridized carbons (Fsp3) is 0.455. The summed E-state index contributed by atoms with van der Waals surface area (Å²) in [5, 5.41) is 6.65. The van der Waals surface area contributed by atoms with Crippen LogP contribution in [-0.4, -0.2) is 10.9 Å². The van der Waals surface area contributed by atoms with Gasteiger partial charge >= 0.3 is 0 Å². The van der Waals surface area contributed by atoms with Crippen molar-refractivity contribution in [3.63, 3.8) is 0 Å². The summed E-state index contributed by atoms with van der Waals surface area (Å²) >= 11 is 6.56. The Bertz CT molecular complexity index is 369. The Labute approximate surface area is 105 Å². The summed E-state index contributed by atoms with van der Waals surface area (Å²) in [7, 11) is 0. The SMILES string of the molecule is CCC(CC)(C(=O)Nc1ccsc1)C(N)=S. The number of thiocarbonyl (C=S) groups is 1. The Morgan fingerprint density at radius 3 is 2.56 bits per heavy atom. The van der Waals surface area contributed by atoms with Crippen molar-refractivity contribution in [3.8, 4) is 0 Å². The van der Waals surface area contributed by atoms with Crippen LogP contribution in [0, 0.1) is 5.41 Å². The largest absolute Gasteiger partial charge is 0.392 e. The van der Waals surface area contributed by atoms with Gasteiger partial charge in [-0.3, -0.25) is 4.79 Å². The Balaban J connectivity index is 2.88. The molecule has 5 heteroatoms.